The predicted molar refractivity (Wildman–Crippen MR) is 162 cm³/mol. The van der Waals surface area contributed by atoms with Gasteiger partial charge in [0.2, 0.25) is 0 Å². The van der Waals surface area contributed by atoms with Gasteiger partial charge in [0.1, 0.15) is 0 Å². The first-order chi connectivity index (χ1) is 20.0. The van der Waals surface area contributed by atoms with E-state index in [0.717, 1.165) is 42.1 Å². The van der Waals surface area contributed by atoms with Crippen LogP contribution in [0.1, 0.15) is 47.2 Å². The minimum Gasteiger partial charge on any atom is -0.354 e. The number of rotatable bonds is 8. The number of anilines is 2. The SMILES string of the molecule is O=C1Nc2ccc([N+](=O)[O-])cc2/C1=C(/Nc1ccc(/C=C/c2c[nH]cn2)cc1)c1ccc(CN2CCCCC2)cc1. The smallest absolute Gasteiger partial charge is 0.270 e. The topological polar surface area (TPSA) is 116 Å². The molecule has 0 radical (unpaired) electrons. The third kappa shape index (κ3) is 5.95. The number of nitrogens with zero attached hydrogens (tertiary/aromatic N) is 3. The highest BCUT2D eigenvalue weighted by atomic mass is 16.6. The summed E-state index contributed by atoms with van der Waals surface area (Å²) in [5.41, 5.74) is 6.59. The van der Waals surface area contributed by atoms with Crippen molar-refractivity contribution < 1.29 is 9.72 Å². The van der Waals surface area contributed by atoms with E-state index >= 15 is 0 Å². The highest BCUT2D eigenvalue weighted by molar-refractivity contribution is 6.37. The number of H-pyrrole nitrogens is 1. The minimum absolute atomic E-state index is 0.0676. The highest BCUT2D eigenvalue weighted by Crippen LogP contribution is 2.39. The molecule has 2 aliphatic heterocycles. The number of hydrogen-bond acceptors (Lipinski definition) is 6. The highest BCUT2D eigenvalue weighted by Gasteiger charge is 2.30. The number of nitro benzene ring substituents is 1. The first-order valence-electron chi connectivity index (χ1n) is 13.7. The van der Waals surface area contributed by atoms with E-state index in [1.165, 1.54) is 37.0 Å². The molecule has 1 fully saturated rings. The van der Waals surface area contributed by atoms with Crippen molar-refractivity contribution in [2.75, 3.05) is 23.7 Å². The van der Waals surface area contributed by atoms with Crippen molar-refractivity contribution in [3.05, 3.63) is 117 Å². The van der Waals surface area contributed by atoms with E-state index in [9.17, 15) is 14.9 Å². The number of imidazole rings is 1. The number of amides is 1. The Morgan fingerprint density at radius 3 is 2.49 bits per heavy atom. The maximum absolute atomic E-state index is 13.3. The van der Waals surface area contributed by atoms with Crippen LogP contribution in [0.3, 0.4) is 0 Å². The summed E-state index contributed by atoms with van der Waals surface area (Å²) in [4.78, 5) is 34.0. The van der Waals surface area contributed by atoms with E-state index in [2.05, 4.69) is 37.6 Å². The lowest BCUT2D eigenvalue weighted by atomic mass is 9.98. The zero-order chi connectivity index (χ0) is 28.2. The summed E-state index contributed by atoms with van der Waals surface area (Å²) in [7, 11) is 0. The Morgan fingerprint density at radius 2 is 1.78 bits per heavy atom. The molecule has 3 N–H and O–H groups in total. The summed E-state index contributed by atoms with van der Waals surface area (Å²) in [5.74, 6) is -0.307. The molecule has 206 valence electrons. The van der Waals surface area contributed by atoms with Crippen LogP contribution in [0.5, 0.6) is 0 Å². The number of non-ortho nitro benzene ring substituents is 1. The molecule has 9 heteroatoms. The minimum atomic E-state index is -0.446. The number of piperidine rings is 1. The second kappa shape index (κ2) is 11.6. The summed E-state index contributed by atoms with van der Waals surface area (Å²) in [6.45, 7) is 3.12. The van der Waals surface area contributed by atoms with Crippen molar-refractivity contribution in [1.29, 1.82) is 0 Å². The van der Waals surface area contributed by atoms with E-state index in [1.54, 1.807) is 12.4 Å². The van der Waals surface area contributed by atoms with Crippen LogP contribution in [0.4, 0.5) is 17.1 Å². The van der Waals surface area contributed by atoms with E-state index in [0.29, 0.717) is 22.5 Å². The van der Waals surface area contributed by atoms with Gasteiger partial charge in [-0.3, -0.25) is 19.8 Å². The van der Waals surface area contributed by atoms with Crippen LogP contribution in [0.2, 0.25) is 0 Å². The van der Waals surface area contributed by atoms with Crippen LogP contribution in [0.25, 0.3) is 23.4 Å². The molecular weight excluding hydrogens is 516 g/mol. The summed E-state index contributed by atoms with van der Waals surface area (Å²) in [6.07, 6.45) is 11.1. The molecule has 3 aromatic carbocycles. The summed E-state index contributed by atoms with van der Waals surface area (Å²) >= 11 is 0. The van der Waals surface area contributed by atoms with Crippen molar-refractivity contribution in [3.63, 3.8) is 0 Å². The largest absolute Gasteiger partial charge is 0.354 e. The Kier molecular flexibility index (Phi) is 7.42. The zero-order valence-electron chi connectivity index (χ0n) is 22.5. The van der Waals surface area contributed by atoms with Gasteiger partial charge in [-0.1, -0.05) is 48.9 Å². The number of benzene rings is 3. The number of aromatic amines is 1. The summed E-state index contributed by atoms with van der Waals surface area (Å²) in [6, 6.07) is 20.5. The molecule has 6 rings (SSSR count). The van der Waals surface area contributed by atoms with Gasteiger partial charge >= 0.3 is 0 Å². The van der Waals surface area contributed by atoms with E-state index in [1.807, 2.05) is 54.7 Å². The number of nitro groups is 1. The van der Waals surface area contributed by atoms with Crippen LogP contribution < -0.4 is 10.6 Å². The number of hydrogen-bond donors (Lipinski definition) is 3. The second-order valence-electron chi connectivity index (χ2n) is 10.3. The number of carbonyl (C=O) groups excluding carboxylic acids is 1. The van der Waals surface area contributed by atoms with Crippen molar-refractivity contribution in [3.8, 4) is 0 Å². The van der Waals surface area contributed by atoms with Gasteiger partial charge in [-0.2, -0.15) is 0 Å². The fraction of sp³-hybridized carbons (Fsp3) is 0.188. The Bertz CT molecular complexity index is 1620. The monoisotopic (exact) mass is 546 g/mol. The molecule has 0 aliphatic carbocycles. The van der Waals surface area contributed by atoms with Gasteiger partial charge in [-0.05, 0) is 66.9 Å². The molecule has 0 unspecified atom stereocenters. The van der Waals surface area contributed by atoms with E-state index in [4.69, 9.17) is 0 Å². The Morgan fingerprint density at radius 1 is 1.00 bits per heavy atom. The second-order valence-corrected chi connectivity index (χ2v) is 10.3. The molecule has 1 saturated heterocycles. The lowest BCUT2D eigenvalue weighted by molar-refractivity contribution is -0.384. The third-order valence-electron chi connectivity index (χ3n) is 7.45. The van der Waals surface area contributed by atoms with Crippen LogP contribution in [0, 0.1) is 10.1 Å². The number of likely N-dealkylation sites (tertiary alicyclic amines) is 1. The molecular formula is C32H30N6O3. The predicted octanol–water partition coefficient (Wildman–Crippen LogP) is 6.41. The normalized spacial score (nSPS) is 16.4. The van der Waals surface area contributed by atoms with Crippen molar-refractivity contribution in [1.82, 2.24) is 14.9 Å². The van der Waals surface area contributed by atoms with Crippen molar-refractivity contribution >= 4 is 46.4 Å². The standard InChI is InChI=1S/C32H30N6O3/c39-32-30(28-18-27(38(40)41)14-15-29(28)36-32)31(24-9-4-23(5-10-24)20-37-16-2-1-3-17-37)35-25-11-6-22(7-12-25)8-13-26-19-33-21-34-26/h4-15,18-19,21,35H,1-3,16-17,20H2,(H,33,34)(H,36,39)/b13-8+,31-30-. The number of nitrogens with one attached hydrogen (secondary N) is 3. The molecule has 2 aliphatic rings. The van der Waals surface area contributed by atoms with Gasteiger partial charge in [-0.25, -0.2) is 4.98 Å². The summed E-state index contributed by atoms with van der Waals surface area (Å²) in [5, 5.41) is 17.9. The van der Waals surface area contributed by atoms with Crippen LogP contribution >= 0.6 is 0 Å². The Labute approximate surface area is 237 Å². The maximum atomic E-state index is 13.3. The molecule has 0 spiro atoms. The van der Waals surface area contributed by atoms with Crippen LogP contribution in [-0.4, -0.2) is 38.8 Å². The molecule has 3 heterocycles. The van der Waals surface area contributed by atoms with Gasteiger partial charge < -0.3 is 15.6 Å². The molecule has 0 atom stereocenters. The molecule has 0 bridgehead atoms. The van der Waals surface area contributed by atoms with Crippen LogP contribution in [0.15, 0.2) is 79.3 Å². The first kappa shape index (κ1) is 26.2. The average molecular weight is 547 g/mol. The summed E-state index contributed by atoms with van der Waals surface area (Å²) < 4.78 is 0. The van der Waals surface area contributed by atoms with Crippen LogP contribution in [-0.2, 0) is 11.3 Å². The maximum Gasteiger partial charge on any atom is 0.270 e. The zero-order valence-corrected chi connectivity index (χ0v) is 22.5. The van der Waals surface area contributed by atoms with Gasteiger partial charge in [0.15, 0.2) is 0 Å². The third-order valence-corrected chi connectivity index (χ3v) is 7.45. The number of carbonyl (C=O) groups is 1. The van der Waals surface area contributed by atoms with Gasteiger partial charge in [0, 0.05) is 41.8 Å². The van der Waals surface area contributed by atoms with Crippen molar-refractivity contribution in [2.45, 2.75) is 25.8 Å². The van der Waals surface area contributed by atoms with E-state index in [-0.39, 0.29) is 11.6 Å². The Hall–Kier alpha value is -5.02. The molecule has 4 aromatic rings. The lowest BCUT2D eigenvalue weighted by Crippen LogP contribution is -2.29. The number of aromatic nitrogens is 2. The molecule has 9 nitrogen and oxygen atoms in total. The van der Waals surface area contributed by atoms with Crippen molar-refractivity contribution in [2.24, 2.45) is 0 Å². The Balaban J connectivity index is 1.35. The van der Waals surface area contributed by atoms with E-state index < -0.39 is 4.92 Å². The lowest BCUT2D eigenvalue weighted by Gasteiger charge is -2.26. The first-order valence-corrected chi connectivity index (χ1v) is 13.7. The molecule has 1 aromatic heterocycles. The fourth-order valence-corrected chi connectivity index (χ4v) is 5.31. The van der Waals surface area contributed by atoms with Gasteiger partial charge in [0.05, 0.1) is 28.2 Å². The molecule has 0 saturated carbocycles. The van der Waals surface area contributed by atoms with Gasteiger partial charge in [0.25, 0.3) is 11.6 Å². The molecule has 41 heavy (non-hydrogen) atoms. The average Bonchev–Trinajstić information content (AvgIpc) is 3.63. The molecule has 1 amide bonds. The van der Waals surface area contributed by atoms with Gasteiger partial charge in [-0.15, -0.1) is 0 Å². The quantitative estimate of drug-likeness (QED) is 0.134. The number of fused-ring (bicyclic) bond motifs is 1. The fourth-order valence-electron chi connectivity index (χ4n) is 5.31.